The van der Waals surface area contributed by atoms with Gasteiger partial charge in [-0.25, -0.2) is 4.39 Å². The van der Waals surface area contributed by atoms with Crippen LogP contribution in [0.3, 0.4) is 0 Å². The van der Waals surface area contributed by atoms with E-state index in [1.165, 1.54) is 6.07 Å². The van der Waals surface area contributed by atoms with Crippen LogP contribution in [-0.2, 0) is 11.2 Å². The Kier molecular flexibility index (Phi) is 6.23. The van der Waals surface area contributed by atoms with Crippen LogP contribution >= 0.6 is 0 Å². The third kappa shape index (κ3) is 4.61. The molecule has 1 N–H and O–H groups in total. The van der Waals surface area contributed by atoms with Crippen LogP contribution in [0.1, 0.15) is 30.0 Å². The van der Waals surface area contributed by atoms with E-state index in [9.17, 15) is 9.18 Å². The lowest BCUT2D eigenvalue weighted by Gasteiger charge is -2.24. The molecule has 3 rings (SSSR count). The lowest BCUT2D eigenvalue weighted by Crippen LogP contribution is -2.37. The summed E-state index contributed by atoms with van der Waals surface area (Å²) < 4.78 is 18.8. The smallest absolute Gasteiger partial charge is 0.234 e. The van der Waals surface area contributed by atoms with Gasteiger partial charge in [0.1, 0.15) is 11.6 Å². The van der Waals surface area contributed by atoms with Crippen molar-refractivity contribution in [1.29, 1.82) is 0 Å². The molecule has 138 valence electrons. The summed E-state index contributed by atoms with van der Waals surface area (Å²) >= 11 is 0. The zero-order valence-corrected chi connectivity index (χ0v) is 15.1. The van der Waals surface area contributed by atoms with Crippen molar-refractivity contribution in [3.63, 3.8) is 0 Å². The second kappa shape index (κ2) is 8.81. The molecule has 1 amide bonds. The number of carbonyl (C=O) groups is 1. The van der Waals surface area contributed by atoms with E-state index in [0.717, 1.165) is 42.7 Å². The SMILES string of the molecule is COc1ccccc1CCNC(=O)CN1CCCC1c1cccc(F)c1. The molecule has 4 nitrogen and oxygen atoms in total. The largest absolute Gasteiger partial charge is 0.496 e. The van der Waals surface area contributed by atoms with Gasteiger partial charge in [-0.2, -0.15) is 0 Å². The van der Waals surface area contributed by atoms with Gasteiger partial charge in [0.15, 0.2) is 0 Å². The highest BCUT2D eigenvalue weighted by Gasteiger charge is 2.27. The molecule has 0 spiro atoms. The van der Waals surface area contributed by atoms with Crippen molar-refractivity contribution in [2.45, 2.75) is 25.3 Å². The van der Waals surface area contributed by atoms with E-state index in [0.29, 0.717) is 13.1 Å². The van der Waals surface area contributed by atoms with Crippen molar-refractivity contribution in [3.8, 4) is 5.75 Å². The predicted octanol–water partition coefficient (Wildman–Crippen LogP) is 3.33. The summed E-state index contributed by atoms with van der Waals surface area (Å²) in [7, 11) is 1.65. The number of likely N-dealkylation sites (tertiary alicyclic amines) is 1. The zero-order valence-electron chi connectivity index (χ0n) is 15.1. The summed E-state index contributed by atoms with van der Waals surface area (Å²) in [5, 5.41) is 2.98. The number of ether oxygens (including phenoxy) is 1. The molecule has 0 aromatic heterocycles. The highest BCUT2D eigenvalue weighted by Crippen LogP contribution is 2.31. The van der Waals surface area contributed by atoms with Gasteiger partial charge in [-0.15, -0.1) is 0 Å². The first-order chi connectivity index (χ1) is 12.7. The van der Waals surface area contributed by atoms with Crippen molar-refractivity contribution in [2.75, 3.05) is 26.7 Å². The van der Waals surface area contributed by atoms with E-state index in [4.69, 9.17) is 4.74 Å². The Hall–Kier alpha value is -2.40. The van der Waals surface area contributed by atoms with Crippen LogP contribution in [0.5, 0.6) is 5.75 Å². The number of nitrogens with zero attached hydrogens (tertiary/aromatic N) is 1. The molecular formula is C21H25FN2O2. The lowest BCUT2D eigenvalue weighted by atomic mass is 10.0. The Bertz CT molecular complexity index is 750. The predicted molar refractivity (Wildman–Crippen MR) is 99.7 cm³/mol. The van der Waals surface area contributed by atoms with Gasteiger partial charge >= 0.3 is 0 Å². The second-order valence-corrected chi connectivity index (χ2v) is 6.60. The van der Waals surface area contributed by atoms with Gasteiger partial charge in [-0.1, -0.05) is 30.3 Å². The zero-order chi connectivity index (χ0) is 18.4. The molecule has 2 aromatic rings. The number of amides is 1. The van der Waals surface area contributed by atoms with E-state index in [2.05, 4.69) is 10.2 Å². The molecule has 1 heterocycles. The fourth-order valence-corrected chi connectivity index (χ4v) is 3.59. The minimum atomic E-state index is -0.226. The molecule has 26 heavy (non-hydrogen) atoms. The number of halogens is 1. The van der Waals surface area contributed by atoms with E-state index in [-0.39, 0.29) is 17.8 Å². The van der Waals surface area contributed by atoms with Crippen LogP contribution in [0.25, 0.3) is 0 Å². The first-order valence-corrected chi connectivity index (χ1v) is 9.05. The summed E-state index contributed by atoms with van der Waals surface area (Å²) in [5.41, 5.74) is 2.03. The number of para-hydroxylation sites is 1. The Morgan fingerprint density at radius 2 is 2.12 bits per heavy atom. The number of benzene rings is 2. The van der Waals surface area contributed by atoms with Crippen LogP contribution in [0.2, 0.25) is 0 Å². The quantitative estimate of drug-likeness (QED) is 0.827. The van der Waals surface area contributed by atoms with Gasteiger partial charge in [0.25, 0.3) is 0 Å². The average molecular weight is 356 g/mol. The van der Waals surface area contributed by atoms with Gasteiger partial charge in [0, 0.05) is 12.6 Å². The molecule has 2 aromatic carbocycles. The Morgan fingerprint density at radius 1 is 1.27 bits per heavy atom. The van der Waals surface area contributed by atoms with Gasteiger partial charge in [0.05, 0.1) is 13.7 Å². The maximum absolute atomic E-state index is 13.5. The normalized spacial score (nSPS) is 17.2. The number of rotatable bonds is 7. The Balaban J connectivity index is 1.51. The highest BCUT2D eigenvalue weighted by molar-refractivity contribution is 5.78. The molecule has 1 fully saturated rings. The van der Waals surface area contributed by atoms with Gasteiger partial charge in [-0.3, -0.25) is 9.69 Å². The second-order valence-electron chi connectivity index (χ2n) is 6.60. The van der Waals surface area contributed by atoms with Gasteiger partial charge in [-0.05, 0) is 55.1 Å². The lowest BCUT2D eigenvalue weighted by molar-refractivity contribution is -0.122. The Labute approximate surface area is 154 Å². The van der Waals surface area contributed by atoms with Crippen molar-refractivity contribution in [2.24, 2.45) is 0 Å². The number of methoxy groups -OCH3 is 1. The maximum Gasteiger partial charge on any atom is 0.234 e. The molecule has 0 radical (unpaired) electrons. The average Bonchev–Trinajstić information content (AvgIpc) is 3.10. The Morgan fingerprint density at radius 3 is 2.92 bits per heavy atom. The van der Waals surface area contributed by atoms with Crippen LogP contribution in [0.15, 0.2) is 48.5 Å². The van der Waals surface area contributed by atoms with Crippen molar-refractivity contribution < 1.29 is 13.9 Å². The van der Waals surface area contributed by atoms with E-state index >= 15 is 0 Å². The van der Waals surface area contributed by atoms with Crippen LogP contribution in [-0.4, -0.2) is 37.6 Å². The number of nitrogens with one attached hydrogen (secondary N) is 1. The molecule has 1 aliphatic heterocycles. The summed E-state index contributed by atoms with van der Waals surface area (Å²) in [4.78, 5) is 14.5. The first-order valence-electron chi connectivity index (χ1n) is 9.05. The molecular weight excluding hydrogens is 331 g/mol. The van der Waals surface area contributed by atoms with Crippen LogP contribution in [0, 0.1) is 5.82 Å². The van der Waals surface area contributed by atoms with Crippen molar-refractivity contribution in [1.82, 2.24) is 10.2 Å². The minimum Gasteiger partial charge on any atom is -0.496 e. The maximum atomic E-state index is 13.5. The summed E-state index contributed by atoms with van der Waals surface area (Å²) in [5.74, 6) is 0.617. The van der Waals surface area contributed by atoms with Crippen molar-refractivity contribution in [3.05, 3.63) is 65.5 Å². The fourth-order valence-electron chi connectivity index (χ4n) is 3.59. The van der Waals surface area contributed by atoms with Gasteiger partial charge < -0.3 is 10.1 Å². The van der Waals surface area contributed by atoms with E-state index in [1.54, 1.807) is 19.2 Å². The molecule has 0 bridgehead atoms. The monoisotopic (exact) mass is 356 g/mol. The first kappa shape index (κ1) is 18.4. The highest BCUT2D eigenvalue weighted by atomic mass is 19.1. The third-order valence-corrected chi connectivity index (χ3v) is 4.85. The molecule has 1 saturated heterocycles. The van der Waals surface area contributed by atoms with Crippen LogP contribution < -0.4 is 10.1 Å². The molecule has 5 heteroatoms. The molecule has 1 unspecified atom stereocenters. The summed E-state index contributed by atoms with van der Waals surface area (Å²) in [6.07, 6.45) is 2.71. The summed E-state index contributed by atoms with van der Waals surface area (Å²) in [6.45, 7) is 1.77. The van der Waals surface area contributed by atoms with Crippen molar-refractivity contribution >= 4 is 5.91 Å². The number of hydrogen-bond donors (Lipinski definition) is 1. The molecule has 0 aliphatic carbocycles. The topological polar surface area (TPSA) is 41.6 Å². The summed E-state index contributed by atoms with van der Waals surface area (Å²) in [6, 6.07) is 14.6. The molecule has 1 aliphatic rings. The minimum absolute atomic E-state index is 0.00296. The molecule has 0 saturated carbocycles. The third-order valence-electron chi connectivity index (χ3n) is 4.85. The fraction of sp³-hybridized carbons (Fsp3) is 0.381. The van der Waals surface area contributed by atoms with E-state index < -0.39 is 0 Å². The number of carbonyl (C=O) groups excluding carboxylic acids is 1. The molecule has 1 atom stereocenters. The van der Waals surface area contributed by atoms with Crippen LogP contribution in [0.4, 0.5) is 4.39 Å². The standard InChI is InChI=1S/C21H25FN2O2/c1-26-20-10-3-2-6-16(20)11-12-23-21(25)15-24-13-5-9-19(24)17-7-4-8-18(22)14-17/h2-4,6-8,10,14,19H,5,9,11-13,15H2,1H3,(H,23,25). The number of hydrogen-bond acceptors (Lipinski definition) is 3. The van der Waals surface area contributed by atoms with E-state index in [1.807, 2.05) is 30.3 Å². The van der Waals surface area contributed by atoms with Gasteiger partial charge in [0.2, 0.25) is 5.91 Å².